The summed E-state index contributed by atoms with van der Waals surface area (Å²) in [7, 11) is 0. The van der Waals surface area contributed by atoms with Crippen molar-refractivity contribution in [3.05, 3.63) is 59.8 Å². The van der Waals surface area contributed by atoms with Crippen LogP contribution < -0.4 is 10.3 Å². The molecule has 1 spiro atoms. The first-order chi connectivity index (χ1) is 18.6. The summed E-state index contributed by atoms with van der Waals surface area (Å²) in [6.45, 7) is 7.81. The monoisotopic (exact) mass is 527 g/mol. The fourth-order valence-corrected chi connectivity index (χ4v) is 7.77. The molecule has 0 unspecified atom stereocenters. The number of Topliss-reactive ketones (excluding diaryl/α,β-unsaturated/α-hetero) is 3. The summed E-state index contributed by atoms with van der Waals surface area (Å²) in [5, 5.41) is 4.27. The molecule has 3 fully saturated rings. The number of carbonyl (C=O) groups is 4. The van der Waals surface area contributed by atoms with Gasteiger partial charge in [-0.2, -0.15) is 6.20 Å². The van der Waals surface area contributed by atoms with Crippen LogP contribution in [0, 0.1) is 29.1 Å². The molecule has 2 aliphatic heterocycles. The van der Waals surface area contributed by atoms with Gasteiger partial charge in [-0.3, -0.25) is 19.2 Å². The van der Waals surface area contributed by atoms with Crippen LogP contribution in [0.2, 0.25) is 0 Å². The number of nitrogens with zero attached hydrogens (tertiary/aromatic N) is 1. The number of nitrogens with one attached hydrogen (secondary N) is 1. The molecule has 0 radical (unpaired) electrons. The van der Waals surface area contributed by atoms with Crippen molar-refractivity contribution in [2.45, 2.75) is 71.1 Å². The number of fused-ring (bicyclic) bond motifs is 3. The lowest BCUT2D eigenvalue weighted by atomic mass is 9.51. The predicted octanol–water partition coefficient (Wildman–Crippen LogP) is 3.89. The third kappa shape index (κ3) is 3.80. The maximum Gasteiger partial charge on any atom is 0.235 e. The molecule has 2 aromatic rings. The smallest absolute Gasteiger partial charge is 0.235 e. The van der Waals surface area contributed by atoms with Gasteiger partial charge in [-0.25, -0.2) is 0 Å². The van der Waals surface area contributed by atoms with Crippen LogP contribution in [0.15, 0.2) is 54.3 Å². The van der Waals surface area contributed by atoms with Crippen molar-refractivity contribution in [1.82, 2.24) is 10.3 Å². The number of hydrogen-bond acceptors (Lipinski definition) is 5. The van der Waals surface area contributed by atoms with E-state index in [2.05, 4.69) is 24.1 Å². The lowest BCUT2D eigenvalue weighted by molar-refractivity contribution is -0.149. The Morgan fingerprint density at radius 3 is 2.67 bits per heavy atom. The number of allylic oxidation sites excluding steroid dienone is 3. The number of ketones is 3. The second kappa shape index (κ2) is 9.12. The van der Waals surface area contributed by atoms with Crippen LogP contribution in [-0.4, -0.2) is 41.0 Å². The standard InChI is InChI=1S/C32H35N2O5/c1-17-8-7-10-22-29-31(4,39-29)19(3)27-24(15-20-16-33-23-11-6-5-9-21(20)23)34-30(38)32(22,27)26(36)13-12-25(35)28(37)18(2)14-17/h5-7,9-11,14,16-17,19,22,24,27,29H,8,12-13,15H2,1-4H3,(H,34,38)/q-1/b10-7-,18-14-/t17-,19-,22-,24-,27-,29-,31+,32+/m0/s1. The first-order valence-electron chi connectivity index (χ1n) is 14.0. The fourth-order valence-electron chi connectivity index (χ4n) is 7.77. The zero-order valence-electron chi connectivity index (χ0n) is 22.9. The minimum atomic E-state index is -1.36. The van der Waals surface area contributed by atoms with Crippen LogP contribution in [-0.2, 0) is 30.3 Å². The number of hydrogen-bond donors (Lipinski definition) is 1. The van der Waals surface area contributed by atoms with Gasteiger partial charge in [0.2, 0.25) is 17.5 Å². The van der Waals surface area contributed by atoms with E-state index in [1.807, 2.05) is 55.6 Å². The summed E-state index contributed by atoms with van der Waals surface area (Å²) >= 11 is 0. The molecule has 7 heteroatoms. The molecule has 2 aliphatic carbocycles. The molecule has 1 N–H and O–H groups in total. The van der Waals surface area contributed by atoms with Gasteiger partial charge in [-0.05, 0) is 49.5 Å². The van der Waals surface area contributed by atoms with E-state index in [-0.39, 0.29) is 54.4 Å². The second-order valence-electron chi connectivity index (χ2n) is 12.2. The summed E-state index contributed by atoms with van der Waals surface area (Å²) < 4.78 is 6.33. The van der Waals surface area contributed by atoms with Crippen molar-refractivity contribution in [3.63, 3.8) is 0 Å². The van der Waals surface area contributed by atoms with Crippen molar-refractivity contribution < 1.29 is 23.9 Å². The van der Waals surface area contributed by atoms with E-state index in [9.17, 15) is 19.2 Å². The van der Waals surface area contributed by atoms with Crippen LogP contribution in [0.5, 0.6) is 0 Å². The van der Waals surface area contributed by atoms with Crippen LogP contribution in [0.1, 0.15) is 52.5 Å². The van der Waals surface area contributed by atoms with Gasteiger partial charge in [0.05, 0.1) is 11.7 Å². The number of epoxide rings is 1. The molecule has 1 amide bonds. The zero-order valence-corrected chi connectivity index (χ0v) is 22.9. The summed E-state index contributed by atoms with van der Waals surface area (Å²) in [6.07, 6.45) is 8.27. The van der Waals surface area contributed by atoms with Crippen LogP contribution >= 0.6 is 0 Å². The van der Waals surface area contributed by atoms with E-state index in [0.29, 0.717) is 18.4 Å². The van der Waals surface area contributed by atoms with E-state index in [1.165, 1.54) is 0 Å². The van der Waals surface area contributed by atoms with E-state index in [1.54, 1.807) is 6.92 Å². The Morgan fingerprint density at radius 1 is 1.10 bits per heavy atom. The maximum atomic E-state index is 14.3. The zero-order chi connectivity index (χ0) is 27.7. The molecule has 39 heavy (non-hydrogen) atoms. The fraction of sp³-hybridized carbons (Fsp3) is 0.500. The van der Waals surface area contributed by atoms with E-state index >= 15 is 0 Å². The Labute approximate surface area is 228 Å². The predicted molar refractivity (Wildman–Crippen MR) is 146 cm³/mol. The Kier molecular flexibility index (Phi) is 6.06. The number of para-hydroxylation sites is 1. The van der Waals surface area contributed by atoms with Crippen molar-refractivity contribution in [3.8, 4) is 0 Å². The topological polar surface area (TPSA) is 107 Å². The number of ether oxygens (including phenoxy) is 1. The lowest BCUT2D eigenvalue weighted by Crippen LogP contribution is -2.58. The molecular formula is C32H35N2O5-. The highest BCUT2D eigenvalue weighted by Gasteiger charge is 2.78. The average molecular weight is 528 g/mol. The molecule has 1 saturated carbocycles. The summed E-state index contributed by atoms with van der Waals surface area (Å²) in [5.74, 6) is -2.53. The molecule has 4 aliphatic rings. The minimum Gasteiger partial charge on any atom is -0.663 e. The minimum absolute atomic E-state index is 0.0264. The third-order valence-electron chi connectivity index (χ3n) is 9.92. The summed E-state index contributed by atoms with van der Waals surface area (Å²) in [6, 6.07) is 7.64. The van der Waals surface area contributed by atoms with Crippen molar-refractivity contribution in [2.75, 3.05) is 0 Å². The summed E-state index contributed by atoms with van der Waals surface area (Å²) in [5.41, 5.74) is 0.537. The molecule has 7 nitrogen and oxygen atoms in total. The van der Waals surface area contributed by atoms with Gasteiger partial charge in [0.1, 0.15) is 11.2 Å². The van der Waals surface area contributed by atoms with Gasteiger partial charge < -0.3 is 15.0 Å². The molecule has 204 valence electrons. The normalized spacial score (nSPS) is 40.8. The third-order valence-corrected chi connectivity index (χ3v) is 9.92. The highest BCUT2D eigenvalue weighted by molar-refractivity contribution is 6.43. The maximum absolute atomic E-state index is 14.3. The number of amides is 1. The Hall–Kier alpha value is -3.32. The first kappa shape index (κ1) is 25.9. The SMILES string of the molecule is C/C1=C/[C@@H](C)C/C=C\[C@H]2[C@@H]3O[C@]3(C)[C@@H](C)[C@H]3[C@H](Cc4c[n-]c5ccccc45)NC(=O)[C@]32C(=O)CCC(=O)C1=O. The molecule has 1 aromatic carbocycles. The molecule has 3 heterocycles. The number of carbonyl (C=O) groups excluding carboxylic acids is 4. The largest absolute Gasteiger partial charge is 0.663 e. The highest BCUT2D eigenvalue weighted by atomic mass is 16.6. The van der Waals surface area contributed by atoms with Gasteiger partial charge in [0.15, 0.2) is 0 Å². The average Bonchev–Trinajstić information content (AvgIpc) is 3.31. The van der Waals surface area contributed by atoms with Gasteiger partial charge >= 0.3 is 0 Å². The molecule has 8 atom stereocenters. The Morgan fingerprint density at radius 2 is 1.87 bits per heavy atom. The number of rotatable bonds is 2. The lowest BCUT2D eigenvalue weighted by Gasteiger charge is -2.46. The van der Waals surface area contributed by atoms with Crippen molar-refractivity contribution >= 4 is 34.2 Å². The first-order valence-corrected chi connectivity index (χ1v) is 14.0. The van der Waals surface area contributed by atoms with E-state index in [4.69, 9.17) is 4.74 Å². The Balaban J connectivity index is 1.44. The van der Waals surface area contributed by atoms with Gasteiger partial charge in [0, 0.05) is 30.7 Å². The highest BCUT2D eigenvalue weighted by Crippen LogP contribution is 2.66. The van der Waals surface area contributed by atoms with Gasteiger partial charge in [-0.1, -0.05) is 61.9 Å². The number of benzene rings is 1. The van der Waals surface area contributed by atoms with E-state index in [0.717, 1.165) is 16.5 Å². The number of aromatic nitrogens is 1. The van der Waals surface area contributed by atoms with Crippen LogP contribution in [0.3, 0.4) is 0 Å². The molecule has 6 rings (SSSR count). The molecule has 1 aromatic heterocycles. The second-order valence-corrected chi connectivity index (χ2v) is 12.2. The molecular weight excluding hydrogens is 492 g/mol. The molecule has 0 bridgehead atoms. The Bertz CT molecular complexity index is 1450. The quantitative estimate of drug-likeness (QED) is 0.275. The van der Waals surface area contributed by atoms with Gasteiger partial charge in [-0.15, -0.1) is 5.52 Å². The van der Waals surface area contributed by atoms with Crippen LogP contribution in [0.4, 0.5) is 0 Å². The molecule has 2 saturated heterocycles. The van der Waals surface area contributed by atoms with Crippen LogP contribution in [0.25, 0.3) is 10.9 Å². The van der Waals surface area contributed by atoms with Crippen molar-refractivity contribution in [1.29, 1.82) is 0 Å². The van der Waals surface area contributed by atoms with Crippen molar-refractivity contribution in [2.24, 2.45) is 29.1 Å². The van der Waals surface area contributed by atoms with Gasteiger partial charge in [0.25, 0.3) is 0 Å². The summed E-state index contributed by atoms with van der Waals surface area (Å²) in [4.78, 5) is 58.5. The van der Waals surface area contributed by atoms with E-state index < -0.39 is 28.5 Å².